The molecule has 0 aliphatic heterocycles. The van der Waals surface area contributed by atoms with Crippen molar-refractivity contribution in [3.8, 4) is 0 Å². The van der Waals surface area contributed by atoms with Gasteiger partial charge in [0.25, 0.3) is 5.91 Å². The molecular weight excluding hydrogens is 304 g/mol. The van der Waals surface area contributed by atoms with E-state index in [-0.39, 0.29) is 18.4 Å². The predicted octanol–water partition coefficient (Wildman–Crippen LogP) is 1.90. The standard InChI is InChI=1S/C15H14N2O4S/c1-21-15(20)10-4-6-11(7-5-10)17-13(18)9-16-14(19)12-3-2-8-22-12/h2-8H,9H2,1H3,(H,16,19)(H,17,18). The van der Waals surface area contributed by atoms with Crippen LogP contribution in [0.2, 0.25) is 0 Å². The Morgan fingerprint density at radius 3 is 2.45 bits per heavy atom. The number of hydrogen-bond donors (Lipinski definition) is 2. The van der Waals surface area contributed by atoms with Gasteiger partial charge in [0.15, 0.2) is 0 Å². The number of anilines is 1. The molecule has 114 valence electrons. The van der Waals surface area contributed by atoms with Gasteiger partial charge in [0.05, 0.1) is 24.1 Å². The summed E-state index contributed by atoms with van der Waals surface area (Å²) in [6.45, 7) is -0.129. The van der Waals surface area contributed by atoms with Crippen molar-refractivity contribution in [2.24, 2.45) is 0 Å². The third kappa shape index (κ3) is 4.16. The first-order chi connectivity index (χ1) is 10.6. The molecule has 0 saturated heterocycles. The quantitative estimate of drug-likeness (QED) is 0.825. The normalized spacial score (nSPS) is 9.86. The zero-order valence-electron chi connectivity index (χ0n) is 11.8. The molecular formula is C15H14N2O4S. The first kappa shape index (κ1) is 15.7. The van der Waals surface area contributed by atoms with Gasteiger partial charge in [-0.15, -0.1) is 11.3 Å². The Balaban J connectivity index is 1.84. The Bertz CT molecular complexity index is 665. The fraction of sp³-hybridized carbons (Fsp3) is 0.133. The second-order valence-electron chi connectivity index (χ2n) is 4.28. The maximum atomic E-state index is 11.7. The molecule has 6 nitrogen and oxygen atoms in total. The first-order valence-electron chi connectivity index (χ1n) is 6.40. The number of nitrogens with one attached hydrogen (secondary N) is 2. The lowest BCUT2D eigenvalue weighted by atomic mass is 10.2. The minimum Gasteiger partial charge on any atom is -0.465 e. The van der Waals surface area contributed by atoms with Gasteiger partial charge >= 0.3 is 5.97 Å². The molecule has 0 saturated carbocycles. The minimum absolute atomic E-state index is 0.129. The largest absolute Gasteiger partial charge is 0.465 e. The van der Waals surface area contributed by atoms with Crippen molar-refractivity contribution in [3.05, 3.63) is 52.2 Å². The van der Waals surface area contributed by atoms with Gasteiger partial charge in [-0.3, -0.25) is 9.59 Å². The van der Waals surface area contributed by atoms with E-state index in [9.17, 15) is 14.4 Å². The highest BCUT2D eigenvalue weighted by Gasteiger charge is 2.09. The van der Waals surface area contributed by atoms with Crippen LogP contribution in [0.4, 0.5) is 5.69 Å². The summed E-state index contributed by atoms with van der Waals surface area (Å²) in [5.74, 6) is -1.08. The van der Waals surface area contributed by atoms with Crippen molar-refractivity contribution in [1.82, 2.24) is 5.32 Å². The van der Waals surface area contributed by atoms with Crippen LogP contribution in [0.5, 0.6) is 0 Å². The van der Waals surface area contributed by atoms with Crippen molar-refractivity contribution in [1.29, 1.82) is 0 Å². The SMILES string of the molecule is COC(=O)c1ccc(NC(=O)CNC(=O)c2cccs2)cc1. The molecule has 2 rings (SSSR count). The van der Waals surface area contributed by atoms with Gasteiger partial charge in [-0.05, 0) is 35.7 Å². The number of esters is 1. The summed E-state index contributed by atoms with van der Waals surface area (Å²) < 4.78 is 4.58. The highest BCUT2D eigenvalue weighted by atomic mass is 32.1. The number of hydrogen-bond acceptors (Lipinski definition) is 5. The van der Waals surface area contributed by atoms with Crippen LogP contribution < -0.4 is 10.6 Å². The molecule has 2 amide bonds. The van der Waals surface area contributed by atoms with Crippen molar-refractivity contribution in [2.75, 3.05) is 19.0 Å². The molecule has 0 atom stereocenters. The van der Waals surface area contributed by atoms with Gasteiger partial charge in [0.2, 0.25) is 5.91 Å². The van der Waals surface area contributed by atoms with Crippen LogP contribution in [0.1, 0.15) is 20.0 Å². The molecule has 2 N–H and O–H groups in total. The van der Waals surface area contributed by atoms with Crippen LogP contribution in [0.15, 0.2) is 41.8 Å². The maximum Gasteiger partial charge on any atom is 0.337 e. The Kier molecular flexibility index (Phi) is 5.26. The highest BCUT2D eigenvalue weighted by Crippen LogP contribution is 2.10. The fourth-order valence-corrected chi connectivity index (χ4v) is 2.31. The Hall–Kier alpha value is -2.67. The molecule has 0 aliphatic rings. The van der Waals surface area contributed by atoms with Crippen molar-refractivity contribution >= 4 is 34.8 Å². The Labute approximate surface area is 131 Å². The molecule has 7 heteroatoms. The summed E-state index contributed by atoms with van der Waals surface area (Å²) in [6.07, 6.45) is 0. The fourth-order valence-electron chi connectivity index (χ4n) is 1.67. The number of methoxy groups -OCH3 is 1. The summed E-state index contributed by atoms with van der Waals surface area (Å²) >= 11 is 1.31. The van der Waals surface area contributed by atoms with Gasteiger partial charge in [-0.25, -0.2) is 4.79 Å². The van der Waals surface area contributed by atoms with E-state index in [0.29, 0.717) is 16.1 Å². The number of amides is 2. The third-order valence-electron chi connectivity index (χ3n) is 2.74. The summed E-state index contributed by atoms with van der Waals surface area (Å²) in [7, 11) is 1.30. The lowest BCUT2D eigenvalue weighted by molar-refractivity contribution is -0.115. The van der Waals surface area contributed by atoms with E-state index in [4.69, 9.17) is 0 Å². The molecule has 1 aromatic heterocycles. The molecule has 0 bridgehead atoms. The second-order valence-corrected chi connectivity index (χ2v) is 5.22. The third-order valence-corrected chi connectivity index (χ3v) is 3.61. The molecule has 0 unspecified atom stereocenters. The maximum absolute atomic E-state index is 11.7. The minimum atomic E-state index is -0.443. The van der Waals surface area contributed by atoms with E-state index in [2.05, 4.69) is 15.4 Å². The van der Waals surface area contributed by atoms with E-state index < -0.39 is 5.97 Å². The number of ether oxygens (including phenoxy) is 1. The first-order valence-corrected chi connectivity index (χ1v) is 7.28. The Morgan fingerprint density at radius 1 is 1.14 bits per heavy atom. The van der Waals surface area contributed by atoms with Crippen molar-refractivity contribution in [3.63, 3.8) is 0 Å². The van der Waals surface area contributed by atoms with E-state index in [1.54, 1.807) is 41.8 Å². The van der Waals surface area contributed by atoms with Crippen LogP contribution >= 0.6 is 11.3 Å². The number of rotatable bonds is 5. The van der Waals surface area contributed by atoms with Gasteiger partial charge in [-0.2, -0.15) is 0 Å². The molecule has 0 radical (unpaired) electrons. The van der Waals surface area contributed by atoms with Crippen molar-refractivity contribution < 1.29 is 19.1 Å². The predicted molar refractivity (Wildman–Crippen MR) is 83.1 cm³/mol. The molecule has 0 spiro atoms. The van der Waals surface area contributed by atoms with Gasteiger partial charge in [0, 0.05) is 5.69 Å². The van der Waals surface area contributed by atoms with Gasteiger partial charge in [0.1, 0.15) is 0 Å². The highest BCUT2D eigenvalue weighted by molar-refractivity contribution is 7.12. The topological polar surface area (TPSA) is 84.5 Å². The molecule has 1 heterocycles. The molecule has 1 aromatic carbocycles. The number of thiophene rings is 1. The second kappa shape index (κ2) is 7.37. The zero-order chi connectivity index (χ0) is 15.9. The van der Waals surface area contributed by atoms with Gasteiger partial charge in [-0.1, -0.05) is 6.07 Å². The van der Waals surface area contributed by atoms with E-state index >= 15 is 0 Å². The average molecular weight is 318 g/mol. The summed E-state index contributed by atoms with van der Waals surface area (Å²) in [4.78, 5) is 35.3. The number of benzene rings is 1. The molecule has 0 fully saturated rings. The van der Waals surface area contributed by atoms with Crippen LogP contribution in [0.25, 0.3) is 0 Å². The smallest absolute Gasteiger partial charge is 0.337 e. The lowest BCUT2D eigenvalue weighted by Gasteiger charge is -2.07. The molecule has 2 aromatic rings. The monoisotopic (exact) mass is 318 g/mol. The zero-order valence-corrected chi connectivity index (χ0v) is 12.6. The van der Waals surface area contributed by atoms with Crippen LogP contribution in [-0.4, -0.2) is 31.4 Å². The van der Waals surface area contributed by atoms with Crippen molar-refractivity contribution in [2.45, 2.75) is 0 Å². The number of carbonyl (C=O) groups is 3. The summed E-state index contributed by atoms with van der Waals surface area (Å²) in [6, 6.07) is 9.72. The van der Waals surface area contributed by atoms with E-state index in [1.165, 1.54) is 18.4 Å². The molecule has 22 heavy (non-hydrogen) atoms. The van der Waals surface area contributed by atoms with Gasteiger partial charge < -0.3 is 15.4 Å². The van der Waals surface area contributed by atoms with Crippen LogP contribution in [0, 0.1) is 0 Å². The Morgan fingerprint density at radius 2 is 1.86 bits per heavy atom. The lowest BCUT2D eigenvalue weighted by Crippen LogP contribution is -2.32. The summed E-state index contributed by atoms with van der Waals surface area (Å²) in [5.41, 5.74) is 0.925. The molecule has 0 aliphatic carbocycles. The average Bonchev–Trinajstić information content (AvgIpc) is 3.07. The van der Waals surface area contributed by atoms with E-state index in [1.807, 2.05) is 0 Å². The van der Waals surface area contributed by atoms with Crippen LogP contribution in [-0.2, 0) is 9.53 Å². The number of carbonyl (C=O) groups excluding carboxylic acids is 3. The van der Waals surface area contributed by atoms with E-state index in [0.717, 1.165) is 0 Å². The van der Waals surface area contributed by atoms with Crippen LogP contribution in [0.3, 0.4) is 0 Å². The summed E-state index contributed by atoms with van der Waals surface area (Å²) in [5, 5.41) is 6.94.